The highest BCUT2D eigenvalue weighted by atomic mass is 15.1. The summed E-state index contributed by atoms with van der Waals surface area (Å²) in [5.41, 5.74) is 17.2. The molecule has 12 aromatic carbocycles. The SMILES string of the molecule is c1ccc(-c2ccc(N(c3ccc(-c4ccc(N(c5ccc(-c6ccccc6)cc5)c5ccc6c(c5)c5ccccc5n6-c5ccccc5)c5ccccc45)cc3)c3ccc4ccccc4c3)cc2)cc1. The van der Waals surface area contributed by atoms with Gasteiger partial charge in [-0.15, -0.1) is 0 Å². The molecule has 1 aromatic heterocycles. The second kappa shape index (κ2) is 17.9. The van der Waals surface area contributed by atoms with Crippen LogP contribution in [0.4, 0.5) is 34.1 Å². The van der Waals surface area contributed by atoms with E-state index in [0.29, 0.717) is 0 Å². The van der Waals surface area contributed by atoms with Gasteiger partial charge in [0, 0.05) is 50.3 Å². The molecule has 0 bridgehead atoms. The minimum absolute atomic E-state index is 1.09. The van der Waals surface area contributed by atoms with Crippen LogP contribution in [0.25, 0.3) is 82.4 Å². The molecule has 0 amide bonds. The smallest absolute Gasteiger partial charge is 0.0542 e. The Labute approximate surface area is 414 Å². The fourth-order valence-electron chi connectivity index (χ4n) is 10.5. The summed E-state index contributed by atoms with van der Waals surface area (Å²) in [6, 6.07) is 103. The fraction of sp³-hybridized carbons (Fsp3) is 0. The van der Waals surface area contributed by atoms with Gasteiger partial charge in [-0.2, -0.15) is 0 Å². The number of hydrogen-bond donors (Lipinski definition) is 0. The van der Waals surface area contributed by atoms with E-state index in [1.54, 1.807) is 0 Å². The molecule has 0 unspecified atom stereocenters. The van der Waals surface area contributed by atoms with Crippen molar-refractivity contribution >= 4 is 77.5 Å². The molecule has 13 aromatic rings. The van der Waals surface area contributed by atoms with Crippen LogP contribution >= 0.6 is 0 Å². The van der Waals surface area contributed by atoms with E-state index in [0.717, 1.165) is 45.4 Å². The molecule has 0 aliphatic heterocycles. The van der Waals surface area contributed by atoms with Crippen LogP contribution in [0.5, 0.6) is 0 Å². The van der Waals surface area contributed by atoms with Crippen molar-refractivity contribution in [2.75, 3.05) is 9.80 Å². The van der Waals surface area contributed by atoms with E-state index < -0.39 is 0 Å². The third kappa shape index (κ3) is 7.67. The Balaban J connectivity index is 0.927. The van der Waals surface area contributed by atoms with Gasteiger partial charge in [0.25, 0.3) is 0 Å². The first-order chi connectivity index (χ1) is 35.2. The average Bonchev–Trinajstić information content (AvgIpc) is 3.78. The Morgan fingerprint density at radius 3 is 1.34 bits per heavy atom. The van der Waals surface area contributed by atoms with Crippen molar-refractivity contribution in [1.29, 1.82) is 0 Å². The first-order valence-corrected chi connectivity index (χ1v) is 24.3. The van der Waals surface area contributed by atoms with E-state index in [-0.39, 0.29) is 0 Å². The summed E-state index contributed by atoms with van der Waals surface area (Å²) < 4.78 is 2.38. The molecule has 0 spiro atoms. The summed E-state index contributed by atoms with van der Waals surface area (Å²) in [6.45, 7) is 0. The zero-order valence-corrected chi connectivity index (χ0v) is 39.0. The molecule has 0 atom stereocenters. The van der Waals surface area contributed by atoms with Crippen molar-refractivity contribution < 1.29 is 0 Å². The summed E-state index contributed by atoms with van der Waals surface area (Å²) in [4.78, 5) is 4.80. The van der Waals surface area contributed by atoms with Crippen LogP contribution in [0.1, 0.15) is 0 Å². The van der Waals surface area contributed by atoms with Crippen LogP contribution < -0.4 is 9.80 Å². The third-order valence-electron chi connectivity index (χ3n) is 14.0. The van der Waals surface area contributed by atoms with E-state index in [9.17, 15) is 0 Å². The van der Waals surface area contributed by atoms with Gasteiger partial charge in [0.05, 0.1) is 16.7 Å². The molecule has 0 saturated carbocycles. The highest BCUT2D eigenvalue weighted by Gasteiger charge is 2.21. The molecule has 0 radical (unpaired) electrons. The maximum Gasteiger partial charge on any atom is 0.0542 e. The number of hydrogen-bond acceptors (Lipinski definition) is 2. The second-order valence-electron chi connectivity index (χ2n) is 18.1. The van der Waals surface area contributed by atoms with Crippen molar-refractivity contribution in [1.82, 2.24) is 4.57 Å². The lowest BCUT2D eigenvalue weighted by molar-refractivity contribution is 1.18. The predicted octanol–water partition coefficient (Wildman–Crippen LogP) is 19.0. The van der Waals surface area contributed by atoms with Gasteiger partial charge in [0.15, 0.2) is 0 Å². The maximum absolute atomic E-state index is 2.43. The van der Waals surface area contributed by atoms with Gasteiger partial charge in [0.1, 0.15) is 0 Å². The molecule has 1 heterocycles. The van der Waals surface area contributed by atoms with Crippen molar-refractivity contribution in [2.45, 2.75) is 0 Å². The molecule has 0 fully saturated rings. The van der Waals surface area contributed by atoms with E-state index in [1.807, 2.05) is 0 Å². The Morgan fingerprint density at radius 1 is 0.239 bits per heavy atom. The lowest BCUT2D eigenvalue weighted by Gasteiger charge is -2.28. The Kier molecular flexibility index (Phi) is 10.5. The molecule has 3 heteroatoms. The lowest BCUT2D eigenvalue weighted by atomic mass is 9.95. The van der Waals surface area contributed by atoms with E-state index in [1.165, 1.54) is 71.2 Å². The normalized spacial score (nSPS) is 11.4. The largest absolute Gasteiger partial charge is 0.310 e. The van der Waals surface area contributed by atoms with Gasteiger partial charge in [-0.05, 0) is 141 Å². The lowest BCUT2D eigenvalue weighted by Crippen LogP contribution is -2.11. The van der Waals surface area contributed by atoms with Gasteiger partial charge in [-0.25, -0.2) is 0 Å². The molecule has 0 N–H and O–H groups in total. The van der Waals surface area contributed by atoms with Crippen LogP contribution in [-0.2, 0) is 0 Å². The Hall–Kier alpha value is -9.44. The molecular weight excluding hydrogens is 859 g/mol. The van der Waals surface area contributed by atoms with Gasteiger partial charge in [-0.1, -0.05) is 194 Å². The quantitative estimate of drug-likeness (QED) is 0.135. The number of para-hydroxylation sites is 2. The number of aromatic nitrogens is 1. The number of benzene rings is 12. The molecular formula is C68H47N3. The summed E-state index contributed by atoms with van der Waals surface area (Å²) in [7, 11) is 0. The number of rotatable bonds is 10. The van der Waals surface area contributed by atoms with Gasteiger partial charge in [0.2, 0.25) is 0 Å². The average molecular weight is 906 g/mol. The minimum atomic E-state index is 1.09. The standard InChI is InChI=1S/C68H47N3/c1-4-16-48(17-5-1)51-28-35-56(36-29-51)69(59-41-32-50-20-10-11-21-54(50)46-59)57-39-33-53(34-40-57)61-43-45-67(63-25-13-12-24-62(61)63)70(58-37-30-52(31-38-58)49-18-6-2-7-19-49)60-42-44-68-65(47-60)64-26-14-15-27-66(64)71(68)55-22-8-3-9-23-55/h1-47H. The summed E-state index contributed by atoms with van der Waals surface area (Å²) >= 11 is 0. The topological polar surface area (TPSA) is 11.4 Å². The highest BCUT2D eigenvalue weighted by molar-refractivity contribution is 6.12. The number of nitrogens with zero attached hydrogens (tertiary/aromatic N) is 3. The summed E-state index contributed by atoms with van der Waals surface area (Å²) in [6.07, 6.45) is 0. The molecule has 0 aliphatic rings. The monoisotopic (exact) mass is 905 g/mol. The Bertz CT molecular complexity index is 4010. The fourth-order valence-corrected chi connectivity index (χ4v) is 10.5. The Morgan fingerprint density at radius 2 is 0.690 bits per heavy atom. The van der Waals surface area contributed by atoms with Gasteiger partial charge in [-0.3, -0.25) is 0 Å². The van der Waals surface area contributed by atoms with Crippen LogP contribution in [-0.4, -0.2) is 4.57 Å². The minimum Gasteiger partial charge on any atom is -0.310 e. The second-order valence-corrected chi connectivity index (χ2v) is 18.1. The first kappa shape index (κ1) is 41.7. The van der Waals surface area contributed by atoms with Crippen molar-refractivity contribution in [3.05, 3.63) is 285 Å². The molecule has 0 aliphatic carbocycles. The number of anilines is 6. The van der Waals surface area contributed by atoms with Gasteiger partial charge < -0.3 is 14.4 Å². The predicted molar refractivity (Wildman–Crippen MR) is 301 cm³/mol. The molecule has 0 saturated heterocycles. The molecule has 334 valence electrons. The van der Waals surface area contributed by atoms with Crippen molar-refractivity contribution in [2.24, 2.45) is 0 Å². The van der Waals surface area contributed by atoms with Crippen LogP contribution in [0.3, 0.4) is 0 Å². The van der Waals surface area contributed by atoms with Crippen LogP contribution in [0, 0.1) is 0 Å². The van der Waals surface area contributed by atoms with Crippen molar-refractivity contribution in [3.8, 4) is 39.1 Å². The van der Waals surface area contributed by atoms with E-state index in [4.69, 9.17) is 0 Å². The van der Waals surface area contributed by atoms with Crippen LogP contribution in [0.2, 0.25) is 0 Å². The summed E-state index contributed by atoms with van der Waals surface area (Å²) in [5, 5.41) is 7.22. The third-order valence-corrected chi connectivity index (χ3v) is 14.0. The molecule has 71 heavy (non-hydrogen) atoms. The summed E-state index contributed by atoms with van der Waals surface area (Å²) in [5.74, 6) is 0. The maximum atomic E-state index is 2.43. The highest BCUT2D eigenvalue weighted by Crippen LogP contribution is 2.45. The molecule has 3 nitrogen and oxygen atoms in total. The molecule has 13 rings (SSSR count). The first-order valence-electron chi connectivity index (χ1n) is 24.3. The van der Waals surface area contributed by atoms with Crippen LogP contribution in [0.15, 0.2) is 285 Å². The zero-order chi connectivity index (χ0) is 47.1. The van der Waals surface area contributed by atoms with Crippen molar-refractivity contribution in [3.63, 3.8) is 0 Å². The zero-order valence-electron chi connectivity index (χ0n) is 39.0. The van der Waals surface area contributed by atoms with E-state index >= 15 is 0 Å². The van der Waals surface area contributed by atoms with E-state index in [2.05, 4.69) is 299 Å². The van der Waals surface area contributed by atoms with Gasteiger partial charge >= 0.3 is 0 Å². The number of fused-ring (bicyclic) bond motifs is 5.